The van der Waals surface area contributed by atoms with Gasteiger partial charge in [-0.05, 0) is 62.2 Å². The van der Waals surface area contributed by atoms with Gasteiger partial charge in [0.25, 0.3) is 0 Å². The fourth-order valence-electron chi connectivity index (χ4n) is 3.93. The summed E-state index contributed by atoms with van der Waals surface area (Å²) in [4.78, 5) is 2.76. The second kappa shape index (κ2) is 6.93. The Labute approximate surface area is 129 Å². The van der Waals surface area contributed by atoms with Crippen LogP contribution in [0.1, 0.15) is 56.7 Å². The van der Waals surface area contributed by atoms with Gasteiger partial charge in [0.1, 0.15) is 0 Å². The lowest BCUT2D eigenvalue weighted by atomic mass is 9.94. The molecule has 0 aliphatic heterocycles. The van der Waals surface area contributed by atoms with Crippen molar-refractivity contribution < 1.29 is 0 Å². The number of likely N-dealkylation sites (N-methyl/N-ethyl adjacent to an activating group) is 2. The lowest BCUT2D eigenvalue weighted by molar-refractivity contribution is 0.149. The van der Waals surface area contributed by atoms with Gasteiger partial charge in [0, 0.05) is 18.6 Å². The molecule has 1 fully saturated rings. The molecule has 0 heterocycles. The maximum Gasteiger partial charge on any atom is 0.0480 e. The van der Waals surface area contributed by atoms with E-state index >= 15 is 0 Å². The van der Waals surface area contributed by atoms with Crippen LogP contribution in [0.5, 0.6) is 0 Å². The van der Waals surface area contributed by atoms with Crippen LogP contribution >= 0.6 is 0 Å². The predicted molar refractivity (Wildman–Crippen MR) is 89.6 cm³/mol. The molecule has 0 radical (unpaired) electrons. The number of rotatable bonds is 6. The minimum Gasteiger partial charge on any atom is -0.309 e. The molecule has 2 heteroatoms. The van der Waals surface area contributed by atoms with E-state index in [2.05, 4.69) is 48.3 Å². The third-order valence-electron chi connectivity index (χ3n) is 5.21. The molecule has 2 atom stereocenters. The monoisotopic (exact) mass is 286 g/mol. The van der Waals surface area contributed by atoms with Crippen LogP contribution in [0.3, 0.4) is 0 Å². The second-order valence-corrected chi connectivity index (χ2v) is 6.72. The highest BCUT2D eigenvalue weighted by Crippen LogP contribution is 2.35. The van der Waals surface area contributed by atoms with Gasteiger partial charge >= 0.3 is 0 Å². The number of hydrogen-bond acceptors (Lipinski definition) is 2. The molecule has 0 spiro atoms. The van der Waals surface area contributed by atoms with Gasteiger partial charge in [-0.3, -0.25) is 4.90 Å². The molecule has 1 saturated carbocycles. The number of benzene rings is 1. The van der Waals surface area contributed by atoms with E-state index in [0.717, 1.165) is 12.5 Å². The Balaban J connectivity index is 1.86. The summed E-state index contributed by atoms with van der Waals surface area (Å²) >= 11 is 0. The second-order valence-electron chi connectivity index (χ2n) is 6.72. The first-order valence-electron chi connectivity index (χ1n) is 8.88. The Kier molecular flexibility index (Phi) is 4.97. The van der Waals surface area contributed by atoms with Crippen molar-refractivity contribution in [3.8, 4) is 0 Å². The maximum atomic E-state index is 3.80. The van der Waals surface area contributed by atoms with E-state index in [1.807, 2.05) is 0 Å². The van der Waals surface area contributed by atoms with Crippen LogP contribution < -0.4 is 5.32 Å². The minimum absolute atomic E-state index is 0.507. The predicted octanol–water partition coefficient (Wildman–Crippen LogP) is 3.77. The summed E-state index contributed by atoms with van der Waals surface area (Å²) in [6, 6.07) is 10.3. The topological polar surface area (TPSA) is 15.3 Å². The average molecular weight is 286 g/mol. The van der Waals surface area contributed by atoms with E-state index in [4.69, 9.17) is 0 Å². The minimum atomic E-state index is 0.507. The smallest absolute Gasteiger partial charge is 0.0480 e. The van der Waals surface area contributed by atoms with Gasteiger partial charge in [0.15, 0.2) is 0 Å². The van der Waals surface area contributed by atoms with E-state index in [-0.39, 0.29) is 0 Å². The molecule has 0 bridgehead atoms. The van der Waals surface area contributed by atoms with Crippen LogP contribution in [0.2, 0.25) is 0 Å². The van der Waals surface area contributed by atoms with E-state index in [0.29, 0.717) is 12.1 Å². The zero-order chi connectivity index (χ0) is 14.7. The van der Waals surface area contributed by atoms with Crippen LogP contribution in [-0.4, -0.2) is 30.6 Å². The van der Waals surface area contributed by atoms with Crippen molar-refractivity contribution in [2.45, 2.75) is 58.0 Å². The maximum absolute atomic E-state index is 3.80. The van der Waals surface area contributed by atoms with Crippen LogP contribution in [-0.2, 0) is 6.42 Å². The van der Waals surface area contributed by atoms with Gasteiger partial charge in [-0.1, -0.05) is 38.1 Å². The Morgan fingerprint density at radius 2 is 1.95 bits per heavy atom. The van der Waals surface area contributed by atoms with Crippen molar-refractivity contribution >= 4 is 0 Å². The number of aryl methyl sites for hydroxylation is 1. The normalized spacial score (nSPS) is 25.7. The third-order valence-corrected chi connectivity index (χ3v) is 5.21. The molecule has 21 heavy (non-hydrogen) atoms. The molecule has 2 nitrogen and oxygen atoms in total. The number of nitrogens with zero attached hydrogens (tertiary/aromatic N) is 1. The summed E-state index contributed by atoms with van der Waals surface area (Å²) < 4.78 is 0. The van der Waals surface area contributed by atoms with Crippen LogP contribution in [0.4, 0.5) is 0 Å². The Hall–Kier alpha value is -0.860. The summed E-state index contributed by atoms with van der Waals surface area (Å²) in [6.45, 7) is 8.12. The van der Waals surface area contributed by atoms with E-state index in [1.54, 1.807) is 11.1 Å². The fourth-order valence-corrected chi connectivity index (χ4v) is 3.93. The fraction of sp³-hybridized carbons (Fsp3) is 0.684. The molecule has 0 saturated heterocycles. The highest BCUT2D eigenvalue weighted by molar-refractivity contribution is 5.32. The van der Waals surface area contributed by atoms with Gasteiger partial charge in [0.2, 0.25) is 0 Å². The third kappa shape index (κ3) is 3.49. The van der Waals surface area contributed by atoms with Crippen molar-refractivity contribution in [3.05, 3.63) is 35.4 Å². The SMILES string of the molecule is CCNC1c2ccccc2CCCC1N(CC)CC1CC1. The lowest BCUT2D eigenvalue weighted by Crippen LogP contribution is -2.45. The summed E-state index contributed by atoms with van der Waals surface area (Å²) in [6.07, 6.45) is 6.80. The van der Waals surface area contributed by atoms with Crippen molar-refractivity contribution in [2.75, 3.05) is 19.6 Å². The summed E-state index contributed by atoms with van der Waals surface area (Å²) in [7, 11) is 0. The molecule has 2 aliphatic carbocycles. The van der Waals surface area contributed by atoms with Gasteiger partial charge in [0.05, 0.1) is 0 Å². The summed E-state index contributed by atoms with van der Waals surface area (Å²) in [5.41, 5.74) is 3.12. The standard InChI is InChI=1S/C19H30N2/c1-3-20-19-17-10-6-5-8-16(17)9-7-11-18(19)21(4-2)14-15-12-13-15/h5-6,8,10,15,18-20H,3-4,7,9,11-14H2,1-2H3. The Morgan fingerprint density at radius 1 is 1.14 bits per heavy atom. The van der Waals surface area contributed by atoms with Gasteiger partial charge in [-0.2, -0.15) is 0 Å². The Bertz CT molecular complexity index is 453. The average Bonchev–Trinajstić information content (AvgIpc) is 3.33. The molecule has 1 N–H and O–H groups in total. The molecule has 3 rings (SSSR count). The number of hydrogen-bond donors (Lipinski definition) is 1. The van der Waals surface area contributed by atoms with Crippen LogP contribution in [0.15, 0.2) is 24.3 Å². The Morgan fingerprint density at radius 3 is 2.67 bits per heavy atom. The zero-order valence-corrected chi connectivity index (χ0v) is 13.6. The highest BCUT2D eigenvalue weighted by atomic mass is 15.2. The molecule has 0 amide bonds. The van der Waals surface area contributed by atoms with Crippen LogP contribution in [0.25, 0.3) is 0 Å². The first-order valence-corrected chi connectivity index (χ1v) is 8.88. The summed E-state index contributed by atoms with van der Waals surface area (Å²) in [5, 5.41) is 3.80. The molecule has 2 unspecified atom stereocenters. The molecule has 2 aliphatic rings. The zero-order valence-electron chi connectivity index (χ0n) is 13.6. The van der Waals surface area contributed by atoms with Gasteiger partial charge in [-0.15, -0.1) is 0 Å². The largest absolute Gasteiger partial charge is 0.309 e. The number of nitrogens with one attached hydrogen (secondary N) is 1. The molecule has 1 aromatic carbocycles. The van der Waals surface area contributed by atoms with E-state index < -0.39 is 0 Å². The van der Waals surface area contributed by atoms with Crippen molar-refractivity contribution in [2.24, 2.45) is 5.92 Å². The van der Waals surface area contributed by atoms with Crippen LogP contribution in [0, 0.1) is 5.92 Å². The molecular formula is C19H30N2. The van der Waals surface area contributed by atoms with Crippen molar-refractivity contribution in [1.82, 2.24) is 10.2 Å². The molecular weight excluding hydrogens is 256 g/mol. The van der Waals surface area contributed by atoms with E-state index in [9.17, 15) is 0 Å². The molecule has 1 aromatic rings. The van der Waals surface area contributed by atoms with E-state index in [1.165, 1.54) is 45.2 Å². The molecule has 0 aromatic heterocycles. The first kappa shape index (κ1) is 15.1. The highest BCUT2D eigenvalue weighted by Gasteiger charge is 2.33. The lowest BCUT2D eigenvalue weighted by Gasteiger charge is -2.37. The van der Waals surface area contributed by atoms with Crippen molar-refractivity contribution in [3.63, 3.8) is 0 Å². The van der Waals surface area contributed by atoms with Gasteiger partial charge < -0.3 is 5.32 Å². The first-order chi connectivity index (χ1) is 10.3. The number of fused-ring (bicyclic) bond motifs is 1. The van der Waals surface area contributed by atoms with Gasteiger partial charge in [-0.25, -0.2) is 0 Å². The summed E-state index contributed by atoms with van der Waals surface area (Å²) in [5.74, 6) is 0.978. The molecule has 116 valence electrons. The van der Waals surface area contributed by atoms with Crippen molar-refractivity contribution in [1.29, 1.82) is 0 Å². The quantitative estimate of drug-likeness (QED) is 0.801.